The Kier molecular flexibility index (Phi) is 4.88. The number of hydrogen-bond acceptors (Lipinski definition) is 4. The Balaban J connectivity index is 2.34. The lowest BCUT2D eigenvalue weighted by Crippen LogP contribution is -2.34. The van der Waals surface area contributed by atoms with Crippen LogP contribution in [-0.4, -0.2) is 35.0 Å². The summed E-state index contributed by atoms with van der Waals surface area (Å²) in [7, 11) is 0. The third-order valence-corrected chi connectivity index (χ3v) is 3.68. The van der Waals surface area contributed by atoms with Gasteiger partial charge in [-0.15, -0.1) is 0 Å². The number of aliphatic hydroxyl groups is 1. The number of anilines is 1. The second-order valence-corrected chi connectivity index (χ2v) is 5.27. The van der Waals surface area contributed by atoms with E-state index in [-0.39, 0.29) is 17.9 Å². The largest absolute Gasteiger partial charge is 0.419 e. The molecule has 0 aromatic heterocycles. The maximum Gasteiger partial charge on any atom is 0.419 e. The molecule has 0 saturated carbocycles. The fourth-order valence-electron chi connectivity index (χ4n) is 1.96. The van der Waals surface area contributed by atoms with Gasteiger partial charge in [0.2, 0.25) is 0 Å². The van der Waals surface area contributed by atoms with Crippen molar-refractivity contribution in [2.24, 2.45) is 0 Å². The van der Waals surface area contributed by atoms with Crippen molar-refractivity contribution in [1.82, 2.24) is 4.90 Å². The van der Waals surface area contributed by atoms with Crippen molar-refractivity contribution in [3.63, 3.8) is 0 Å². The molecule has 0 bridgehead atoms. The molecule has 0 radical (unpaired) electrons. The average molecular weight is 369 g/mol. The molecule has 1 aromatic carbocycles. The predicted octanol–water partition coefficient (Wildman–Crippen LogP) is 2.67. The van der Waals surface area contributed by atoms with Crippen LogP contribution in [0.1, 0.15) is 5.56 Å². The summed E-state index contributed by atoms with van der Waals surface area (Å²) < 4.78 is 38.8. The zero-order valence-electron chi connectivity index (χ0n) is 11.2. The Hall–Kier alpha value is -1.77. The smallest absolute Gasteiger partial charge is 0.395 e. The Morgan fingerprint density at radius 3 is 2.43 bits per heavy atom. The van der Waals surface area contributed by atoms with Gasteiger partial charge in [0, 0.05) is 6.08 Å². The van der Waals surface area contributed by atoms with Crippen LogP contribution >= 0.6 is 23.2 Å². The van der Waals surface area contributed by atoms with E-state index < -0.39 is 40.2 Å². The van der Waals surface area contributed by atoms with Gasteiger partial charge in [-0.2, -0.15) is 13.2 Å². The number of amides is 2. The molecule has 1 aliphatic rings. The fourth-order valence-corrected chi connectivity index (χ4v) is 2.60. The van der Waals surface area contributed by atoms with Gasteiger partial charge in [0.25, 0.3) is 11.8 Å². The van der Waals surface area contributed by atoms with Crippen LogP contribution in [0.4, 0.5) is 18.9 Å². The van der Waals surface area contributed by atoms with Crippen molar-refractivity contribution in [2.75, 3.05) is 18.5 Å². The minimum Gasteiger partial charge on any atom is -0.395 e. The SMILES string of the molecule is O=C1C=C(Nc2ccc(Cl)c(C(F)(F)F)c2Cl)C(=O)N1CCO. The summed E-state index contributed by atoms with van der Waals surface area (Å²) in [5, 5.41) is 9.88. The first-order valence-electron chi connectivity index (χ1n) is 6.17. The quantitative estimate of drug-likeness (QED) is 0.801. The Morgan fingerprint density at radius 2 is 1.87 bits per heavy atom. The number of rotatable bonds is 4. The van der Waals surface area contributed by atoms with Crippen LogP contribution < -0.4 is 5.32 Å². The summed E-state index contributed by atoms with van der Waals surface area (Å²) in [6.45, 7) is -0.653. The zero-order valence-corrected chi connectivity index (χ0v) is 12.8. The van der Waals surface area contributed by atoms with Crippen molar-refractivity contribution in [3.8, 4) is 0 Å². The van der Waals surface area contributed by atoms with Gasteiger partial charge in [0.05, 0.1) is 34.4 Å². The number of alkyl halides is 3. The second kappa shape index (κ2) is 6.38. The van der Waals surface area contributed by atoms with E-state index in [1.807, 2.05) is 0 Å². The number of β-amino-alcohol motifs (C(OH)–C–C–N with tert-alkyl or cyclic N) is 1. The number of nitrogens with zero attached hydrogens (tertiary/aromatic N) is 1. The summed E-state index contributed by atoms with van der Waals surface area (Å²) in [4.78, 5) is 24.3. The van der Waals surface area contributed by atoms with Gasteiger partial charge < -0.3 is 10.4 Å². The highest BCUT2D eigenvalue weighted by molar-refractivity contribution is 6.38. The molecule has 1 heterocycles. The van der Waals surface area contributed by atoms with Crippen LogP contribution in [0.15, 0.2) is 23.9 Å². The number of imide groups is 1. The van der Waals surface area contributed by atoms with Crippen molar-refractivity contribution in [1.29, 1.82) is 0 Å². The maximum atomic E-state index is 12.9. The van der Waals surface area contributed by atoms with Gasteiger partial charge in [0.1, 0.15) is 5.70 Å². The van der Waals surface area contributed by atoms with E-state index >= 15 is 0 Å². The molecule has 0 fully saturated rings. The second-order valence-electron chi connectivity index (χ2n) is 4.48. The number of benzene rings is 1. The standard InChI is InChI=1S/C13H9Cl2F3N2O3/c14-6-1-2-7(11(15)10(6)13(16,17)18)19-8-5-9(22)20(3-4-21)12(8)23/h1-2,5,19,21H,3-4H2. The zero-order chi connectivity index (χ0) is 17.4. The number of nitrogens with one attached hydrogen (secondary N) is 1. The van der Waals surface area contributed by atoms with E-state index in [0.29, 0.717) is 0 Å². The molecule has 2 N–H and O–H groups in total. The first-order valence-corrected chi connectivity index (χ1v) is 6.93. The fraction of sp³-hybridized carbons (Fsp3) is 0.231. The van der Waals surface area contributed by atoms with E-state index in [4.69, 9.17) is 28.3 Å². The molecular weight excluding hydrogens is 360 g/mol. The third kappa shape index (κ3) is 3.44. The normalized spacial score (nSPS) is 15.2. The molecule has 1 aliphatic heterocycles. The Labute approximate surface area is 138 Å². The van der Waals surface area contributed by atoms with E-state index in [0.717, 1.165) is 23.1 Å². The lowest BCUT2D eigenvalue weighted by Gasteiger charge is -2.16. The van der Waals surface area contributed by atoms with Gasteiger partial charge in [0.15, 0.2) is 0 Å². The lowest BCUT2D eigenvalue weighted by molar-refractivity contribution is -0.138. The predicted molar refractivity (Wildman–Crippen MR) is 77.0 cm³/mol. The van der Waals surface area contributed by atoms with Crippen molar-refractivity contribution >= 4 is 40.7 Å². The molecule has 5 nitrogen and oxygen atoms in total. The number of carbonyl (C=O) groups is 2. The van der Waals surface area contributed by atoms with Gasteiger partial charge in [-0.25, -0.2) is 0 Å². The molecule has 0 unspecified atom stereocenters. The van der Waals surface area contributed by atoms with E-state index in [9.17, 15) is 22.8 Å². The number of aliphatic hydroxyl groups excluding tert-OH is 1. The molecule has 0 spiro atoms. The van der Waals surface area contributed by atoms with Crippen LogP contribution in [0.5, 0.6) is 0 Å². The van der Waals surface area contributed by atoms with E-state index in [1.54, 1.807) is 0 Å². The molecule has 10 heteroatoms. The van der Waals surface area contributed by atoms with Gasteiger partial charge >= 0.3 is 6.18 Å². The molecule has 2 rings (SSSR count). The number of hydrogen-bond donors (Lipinski definition) is 2. The molecule has 2 amide bonds. The highest BCUT2D eigenvalue weighted by Gasteiger charge is 2.37. The van der Waals surface area contributed by atoms with Crippen LogP contribution in [-0.2, 0) is 15.8 Å². The van der Waals surface area contributed by atoms with Crippen molar-refractivity contribution in [3.05, 3.63) is 39.5 Å². The van der Waals surface area contributed by atoms with Crippen LogP contribution in [0, 0.1) is 0 Å². The molecule has 124 valence electrons. The highest BCUT2D eigenvalue weighted by Crippen LogP contribution is 2.43. The summed E-state index contributed by atoms with van der Waals surface area (Å²) >= 11 is 11.2. The molecule has 0 atom stereocenters. The summed E-state index contributed by atoms with van der Waals surface area (Å²) in [6.07, 6.45) is -3.87. The monoisotopic (exact) mass is 368 g/mol. The third-order valence-electron chi connectivity index (χ3n) is 2.98. The Morgan fingerprint density at radius 1 is 1.22 bits per heavy atom. The van der Waals surface area contributed by atoms with Crippen LogP contribution in [0.2, 0.25) is 10.0 Å². The van der Waals surface area contributed by atoms with Crippen LogP contribution in [0.3, 0.4) is 0 Å². The molecule has 0 saturated heterocycles. The molecular formula is C13H9Cl2F3N2O3. The van der Waals surface area contributed by atoms with Crippen molar-refractivity contribution < 1.29 is 27.9 Å². The topological polar surface area (TPSA) is 69.6 Å². The number of halogens is 5. The first kappa shape index (κ1) is 17.6. The van der Waals surface area contributed by atoms with Crippen LogP contribution in [0.25, 0.3) is 0 Å². The number of carbonyl (C=O) groups excluding carboxylic acids is 2. The first-order chi connectivity index (χ1) is 10.7. The Bertz CT molecular complexity index is 704. The summed E-state index contributed by atoms with van der Waals surface area (Å²) in [5.74, 6) is -1.46. The average Bonchev–Trinajstić information content (AvgIpc) is 2.69. The van der Waals surface area contributed by atoms with E-state index in [2.05, 4.69) is 5.32 Å². The highest BCUT2D eigenvalue weighted by atomic mass is 35.5. The minimum absolute atomic E-state index is 0.221. The van der Waals surface area contributed by atoms with Gasteiger partial charge in [-0.3, -0.25) is 14.5 Å². The van der Waals surface area contributed by atoms with E-state index in [1.165, 1.54) is 0 Å². The van der Waals surface area contributed by atoms with Crippen molar-refractivity contribution in [2.45, 2.75) is 6.18 Å². The van der Waals surface area contributed by atoms with Gasteiger partial charge in [-0.1, -0.05) is 23.2 Å². The molecule has 23 heavy (non-hydrogen) atoms. The maximum absolute atomic E-state index is 12.9. The molecule has 1 aromatic rings. The van der Waals surface area contributed by atoms with Gasteiger partial charge in [-0.05, 0) is 12.1 Å². The summed E-state index contributed by atoms with van der Waals surface area (Å²) in [6, 6.07) is 2.14. The minimum atomic E-state index is -4.78. The lowest BCUT2D eigenvalue weighted by atomic mass is 10.2. The molecule has 0 aliphatic carbocycles. The summed E-state index contributed by atoms with van der Waals surface area (Å²) in [5.41, 5.74) is -1.71.